The summed E-state index contributed by atoms with van der Waals surface area (Å²) in [5.74, 6) is -1.66. The van der Waals surface area contributed by atoms with Crippen molar-refractivity contribution in [3.8, 4) is 11.4 Å². The van der Waals surface area contributed by atoms with Gasteiger partial charge in [-0.1, -0.05) is 0 Å². The van der Waals surface area contributed by atoms with E-state index < -0.39 is 34.5 Å². The molecule has 11 heteroatoms. The van der Waals surface area contributed by atoms with E-state index in [0.717, 1.165) is 11.8 Å². The number of fused-ring (bicyclic) bond motifs is 4. The summed E-state index contributed by atoms with van der Waals surface area (Å²) in [6.07, 6.45) is -1.12. The van der Waals surface area contributed by atoms with Crippen molar-refractivity contribution < 1.29 is 27.1 Å². The molecule has 0 bridgehead atoms. The number of ether oxygens (including phenoxy) is 1. The highest BCUT2D eigenvalue weighted by atomic mass is 19.4. The zero-order valence-corrected chi connectivity index (χ0v) is 18.8. The van der Waals surface area contributed by atoms with Crippen LogP contribution in [-0.2, 0) is 18.1 Å². The number of carbonyl (C=O) groups is 1. The monoisotopic (exact) mass is 488 g/mol. The summed E-state index contributed by atoms with van der Waals surface area (Å²) in [6, 6.07) is 4.48. The zero-order chi connectivity index (χ0) is 24.9. The second kappa shape index (κ2) is 6.73. The van der Waals surface area contributed by atoms with E-state index in [0.29, 0.717) is 18.2 Å². The van der Waals surface area contributed by atoms with Gasteiger partial charge in [-0.25, -0.2) is 9.37 Å². The maximum Gasteiger partial charge on any atom is 0.416 e. The quantitative estimate of drug-likeness (QED) is 0.530. The molecule has 0 radical (unpaired) electrons. The van der Waals surface area contributed by atoms with Gasteiger partial charge in [0.2, 0.25) is 0 Å². The Morgan fingerprint density at radius 3 is 2.63 bits per heavy atom. The predicted octanol–water partition coefficient (Wildman–Crippen LogP) is 3.45. The predicted molar refractivity (Wildman–Crippen MR) is 115 cm³/mol. The van der Waals surface area contributed by atoms with Crippen LogP contribution in [-0.4, -0.2) is 43.6 Å². The molecule has 2 aromatic heterocycles. The third kappa shape index (κ3) is 2.99. The molecule has 7 nitrogen and oxygen atoms in total. The number of aryl methyl sites for hydroxylation is 1. The minimum atomic E-state index is -4.71. The summed E-state index contributed by atoms with van der Waals surface area (Å²) >= 11 is 0. The van der Waals surface area contributed by atoms with E-state index in [1.54, 1.807) is 36.7 Å². The average Bonchev–Trinajstić information content (AvgIpc) is 3.03. The largest absolute Gasteiger partial charge is 0.483 e. The molecular weight excluding hydrogens is 468 g/mol. The molecule has 1 saturated carbocycles. The maximum atomic E-state index is 14.5. The number of nitrogens with zero attached hydrogens (tertiary/aromatic N) is 4. The Morgan fingerprint density at radius 1 is 1.17 bits per heavy atom. The number of aromatic nitrogens is 3. The average molecular weight is 488 g/mol. The number of amides is 1. The van der Waals surface area contributed by atoms with Crippen LogP contribution in [0.25, 0.3) is 5.69 Å². The highest BCUT2D eigenvalue weighted by Gasteiger charge is 2.74. The fourth-order valence-electron chi connectivity index (χ4n) is 5.48. The smallest absolute Gasteiger partial charge is 0.416 e. The van der Waals surface area contributed by atoms with Crippen molar-refractivity contribution in [3.63, 3.8) is 0 Å². The van der Waals surface area contributed by atoms with Crippen LogP contribution < -0.4 is 10.3 Å². The second-order valence-electron chi connectivity index (χ2n) is 9.63. The number of hydrogen-bond acceptors (Lipinski definition) is 4. The number of halogens is 4. The number of pyridine rings is 1. The Bertz CT molecular complexity index is 1480. The molecule has 1 aromatic carbocycles. The Hall–Kier alpha value is -3.63. The van der Waals surface area contributed by atoms with Gasteiger partial charge in [-0.15, -0.1) is 0 Å². The fraction of sp³-hybridized carbons (Fsp3) is 0.375. The van der Waals surface area contributed by atoms with Gasteiger partial charge in [0.1, 0.15) is 17.0 Å². The van der Waals surface area contributed by atoms with Crippen molar-refractivity contribution >= 4 is 5.91 Å². The molecule has 2 aliphatic heterocycles. The fourth-order valence-corrected chi connectivity index (χ4v) is 5.48. The first-order valence-electron chi connectivity index (χ1n) is 11.1. The molecule has 0 saturated heterocycles. The molecule has 0 unspecified atom stereocenters. The minimum absolute atomic E-state index is 0.0622. The van der Waals surface area contributed by atoms with E-state index in [4.69, 9.17) is 4.74 Å². The van der Waals surface area contributed by atoms with E-state index in [1.165, 1.54) is 15.8 Å². The third-order valence-electron chi connectivity index (χ3n) is 7.44. The van der Waals surface area contributed by atoms with Gasteiger partial charge in [-0.2, -0.15) is 13.2 Å². The second-order valence-corrected chi connectivity index (χ2v) is 9.63. The summed E-state index contributed by atoms with van der Waals surface area (Å²) in [5, 5.41) is 0. The molecule has 3 aromatic rings. The molecule has 6 rings (SSSR count). The lowest BCUT2D eigenvalue weighted by Crippen LogP contribution is -2.48. The van der Waals surface area contributed by atoms with E-state index in [1.807, 2.05) is 0 Å². The van der Waals surface area contributed by atoms with Crippen LogP contribution in [0.2, 0.25) is 0 Å². The maximum absolute atomic E-state index is 14.5. The van der Waals surface area contributed by atoms with E-state index in [2.05, 4.69) is 4.98 Å². The molecule has 3 aliphatic rings. The molecule has 0 spiro atoms. The SMILES string of the molecule is Cc1cn(-c2ccc3n(c2=O)CCN(C[C@@]24C[C@]2(C)Oc2c(F)cc(C(F)(F)F)cc24)C3=O)cn1. The van der Waals surface area contributed by atoms with Gasteiger partial charge in [0.15, 0.2) is 11.6 Å². The van der Waals surface area contributed by atoms with Crippen molar-refractivity contribution in [2.45, 2.75) is 44.0 Å². The van der Waals surface area contributed by atoms with E-state index in [-0.39, 0.29) is 42.2 Å². The number of benzene rings is 1. The number of carbonyl (C=O) groups excluding carboxylic acids is 1. The van der Waals surface area contributed by atoms with Crippen molar-refractivity contribution in [2.24, 2.45) is 0 Å². The lowest BCUT2D eigenvalue weighted by molar-refractivity contribution is -0.137. The van der Waals surface area contributed by atoms with Gasteiger partial charge in [0.05, 0.1) is 23.0 Å². The third-order valence-corrected chi connectivity index (χ3v) is 7.44. The summed E-state index contributed by atoms with van der Waals surface area (Å²) in [4.78, 5) is 32.0. The van der Waals surface area contributed by atoms with Crippen LogP contribution in [0.5, 0.6) is 5.75 Å². The molecule has 35 heavy (non-hydrogen) atoms. The van der Waals surface area contributed by atoms with E-state index in [9.17, 15) is 27.2 Å². The Kier molecular flexibility index (Phi) is 4.21. The zero-order valence-electron chi connectivity index (χ0n) is 18.8. The Morgan fingerprint density at radius 2 is 1.94 bits per heavy atom. The molecular formula is C24H20F4N4O3. The molecule has 182 valence electrons. The summed E-state index contributed by atoms with van der Waals surface area (Å²) < 4.78 is 63.4. The molecule has 1 fully saturated rings. The van der Waals surface area contributed by atoms with Crippen LogP contribution in [0.3, 0.4) is 0 Å². The molecule has 2 atom stereocenters. The van der Waals surface area contributed by atoms with Gasteiger partial charge in [-0.3, -0.25) is 9.59 Å². The van der Waals surface area contributed by atoms with Crippen LogP contribution >= 0.6 is 0 Å². The van der Waals surface area contributed by atoms with Crippen LogP contribution in [0.15, 0.2) is 41.6 Å². The highest BCUT2D eigenvalue weighted by Crippen LogP contribution is 2.67. The van der Waals surface area contributed by atoms with Crippen molar-refractivity contribution in [3.05, 3.63) is 75.5 Å². The molecule has 0 N–H and O–H groups in total. The van der Waals surface area contributed by atoms with Crippen molar-refractivity contribution in [1.82, 2.24) is 19.0 Å². The molecule has 1 amide bonds. The number of imidazole rings is 1. The number of alkyl halides is 3. The first-order valence-corrected chi connectivity index (χ1v) is 11.1. The number of hydrogen-bond donors (Lipinski definition) is 0. The normalized spacial score (nSPS) is 24.6. The van der Waals surface area contributed by atoms with Gasteiger partial charge >= 0.3 is 6.18 Å². The first-order chi connectivity index (χ1) is 16.4. The van der Waals surface area contributed by atoms with Gasteiger partial charge in [0.25, 0.3) is 11.5 Å². The standard InChI is InChI=1S/C24H20F4N4O3/c1-13-9-31(12-29-13)17-3-4-18-20(33)30(5-6-32(18)21(17)34)11-23-10-22(23,2)35-19-15(23)7-14(8-16(19)25)24(26,27)28/h3-4,7-9,12H,5-6,10-11H2,1-2H3/t22-,23+/m0/s1. The van der Waals surface area contributed by atoms with Crippen molar-refractivity contribution in [1.29, 1.82) is 0 Å². The van der Waals surface area contributed by atoms with Crippen LogP contribution in [0, 0.1) is 12.7 Å². The van der Waals surface area contributed by atoms with Crippen LogP contribution in [0.1, 0.15) is 40.7 Å². The summed E-state index contributed by atoms with van der Waals surface area (Å²) in [5.41, 5.74) is -1.85. The topological polar surface area (TPSA) is 69.4 Å². The summed E-state index contributed by atoms with van der Waals surface area (Å²) in [7, 11) is 0. The summed E-state index contributed by atoms with van der Waals surface area (Å²) in [6.45, 7) is 3.98. The van der Waals surface area contributed by atoms with E-state index >= 15 is 0 Å². The van der Waals surface area contributed by atoms with Crippen LogP contribution in [0.4, 0.5) is 17.6 Å². The molecule has 1 aliphatic carbocycles. The van der Waals surface area contributed by atoms with Crippen molar-refractivity contribution in [2.75, 3.05) is 13.1 Å². The van der Waals surface area contributed by atoms with Gasteiger partial charge in [0, 0.05) is 37.8 Å². The van der Waals surface area contributed by atoms with Gasteiger partial charge < -0.3 is 18.8 Å². The van der Waals surface area contributed by atoms with Gasteiger partial charge in [-0.05, 0) is 38.1 Å². The lowest BCUT2D eigenvalue weighted by Gasteiger charge is -2.32. The number of rotatable bonds is 3. The first kappa shape index (κ1) is 21.9. The highest BCUT2D eigenvalue weighted by molar-refractivity contribution is 5.93. The lowest BCUT2D eigenvalue weighted by atomic mass is 9.90. The molecule has 4 heterocycles. The minimum Gasteiger partial charge on any atom is -0.483 e. The Labute approximate surface area is 196 Å². The Balaban J connectivity index is 1.34.